The predicted octanol–water partition coefficient (Wildman–Crippen LogP) is 3.69. The second-order valence-corrected chi connectivity index (χ2v) is 7.34. The van der Waals surface area contributed by atoms with E-state index in [9.17, 15) is 18.8 Å². The lowest BCUT2D eigenvalue weighted by Gasteiger charge is -2.20. The van der Waals surface area contributed by atoms with Crippen LogP contribution in [0.4, 0.5) is 4.39 Å². The molecule has 7 heteroatoms. The number of benzene rings is 2. The van der Waals surface area contributed by atoms with Crippen molar-refractivity contribution in [2.24, 2.45) is 5.92 Å². The number of ether oxygens (including phenoxy) is 1. The molecule has 0 unspecified atom stereocenters. The molecular weight excluding hydrogens is 399 g/mol. The highest BCUT2D eigenvalue weighted by Gasteiger charge is 2.25. The maximum Gasteiger partial charge on any atom is 0.328 e. The summed E-state index contributed by atoms with van der Waals surface area (Å²) in [6, 6.07) is 13.0. The van der Waals surface area contributed by atoms with Crippen LogP contribution >= 0.6 is 0 Å². The van der Waals surface area contributed by atoms with Crippen molar-refractivity contribution in [2.45, 2.75) is 33.2 Å². The van der Waals surface area contributed by atoms with E-state index in [1.165, 1.54) is 30.3 Å². The number of esters is 1. The number of nitrogens with one attached hydrogen (secondary N) is 2. The van der Waals surface area contributed by atoms with Crippen LogP contribution in [0.15, 0.2) is 60.3 Å². The number of hydrogen-bond acceptors (Lipinski definition) is 4. The van der Waals surface area contributed by atoms with Gasteiger partial charge in [-0.3, -0.25) is 9.59 Å². The van der Waals surface area contributed by atoms with E-state index in [0.29, 0.717) is 17.5 Å². The lowest BCUT2D eigenvalue weighted by atomic mass is 10.0. The quantitative estimate of drug-likeness (QED) is 0.473. The third-order valence-corrected chi connectivity index (χ3v) is 4.29. The zero-order chi connectivity index (χ0) is 22.8. The van der Waals surface area contributed by atoms with Crippen LogP contribution < -0.4 is 10.6 Å². The molecule has 0 heterocycles. The van der Waals surface area contributed by atoms with Crippen LogP contribution in [0.5, 0.6) is 0 Å². The fraction of sp³-hybridized carbons (Fsp3) is 0.292. The summed E-state index contributed by atoms with van der Waals surface area (Å²) < 4.78 is 18.3. The molecule has 0 fully saturated rings. The van der Waals surface area contributed by atoms with Crippen LogP contribution in [0.3, 0.4) is 0 Å². The molecule has 0 aliphatic heterocycles. The summed E-state index contributed by atoms with van der Waals surface area (Å²) in [5, 5.41) is 5.24. The largest absolute Gasteiger partial charge is 0.464 e. The van der Waals surface area contributed by atoms with Gasteiger partial charge in [0, 0.05) is 5.56 Å². The van der Waals surface area contributed by atoms with Gasteiger partial charge in [0.05, 0.1) is 6.61 Å². The van der Waals surface area contributed by atoms with Gasteiger partial charge in [-0.05, 0) is 55.2 Å². The number of amides is 2. The summed E-state index contributed by atoms with van der Waals surface area (Å²) in [6.07, 6.45) is 1.80. The van der Waals surface area contributed by atoms with E-state index >= 15 is 0 Å². The van der Waals surface area contributed by atoms with Gasteiger partial charge in [-0.1, -0.05) is 44.2 Å². The van der Waals surface area contributed by atoms with Gasteiger partial charge in [-0.2, -0.15) is 0 Å². The summed E-state index contributed by atoms with van der Waals surface area (Å²) >= 11 is 0. The summed E-state index contributed by atoms with van der Waals surface area (Å²) in [4.78, 5) is 37.9. The minimum atomic E-state index is -0.863. The van der Waals surface area contributed by atoms with Crippen molar-refractivity contribution in [1.82, 2.24) is 10.6 Å². The van der Waals surface area contributed by atoms with E-state index in [1.54, 1.807) is 37.3 Å². The fourth-order valence-electron chi connectivity index (χ4n) is 2.83. The SMILES string of the molecule is CCOC(=O)[C@H](CC(C)C)NC(=O)/C(=C\c1ccc(F)cc1)NC(=O)c1ccccc1. The molecule has 1 atom stereocenters. The van der Waals surface area contributed by atoms with Crippen LogP contribution in [0.25, 0.3) is 6.08 Å². The Hall–Kier alpha value is -3.48. The standard InChI is InChI=1S/C24H27FN2O4/c1-4-31-24(30)21(14-16(2)3)27-23(29)20(15-17-10-12-19(25)13-11-17)26-22(28)18-8-6-5-7-9-18/h5-13,15-16,21H,4,14H2,1-3H3,(H,26,28)(H,27,29)/b20-15+/t21-/m0/s1. The van der Waals surface area contributed by atoms with Crippen molar-refractivity contribution >= 4 is 23.9 Å². The van der Waals surface area contributed by atoms with Crippen LogP contribution in [0, 0.1) is 11.7 Å². The second kappa shape index (κ2) is 11.6. The number of hydrogen-bond donors (Lipinski definition) is 2. The van der Waals surface area contributed by atoms with Gasteiger partial charge < -0.3 is 15.4 Å². The average molecular weight is 426 g/mol. The Bertz CT molecular complexity index is 924. The summed E-state index contributed by atoms with van der Waals surface area (Å²) in [6.45, 7) is 5.72. The smallest absolute Gasteiger partial charge is 0.328 e. The van der Waals surface area contributed by atoms with Crippen molar-refractivity contribution in [3.05, 3.63) is 77.2 Å². The molecule has 0 saturated carbocycles. The third kappa shape index (κ3) is 7.70. The molecule has 0 aliphatic rings. The predicted molar refractivity (Wildman–Crippen MR) is 116 cm³/mol. The molecule has 0 saturated heterocycles. The molecule has 0 aromatic heterocycles. The zero-order valence-electron chi connectivity index (χ0n) is 17.9. The van der Waals surface area contributed by atoms with Gasteiger partial charge in [-0.25, -0.2) is 9.18 Å². The van der Waals surface area contributed by atoms with Gasteiger partial charge in [0.1, 0.15) is 17.6 Å². The van der Waals surface area contributed by atoms with Crippen LogP contribution in [-0.2, 0) is 14.3 Å². The molecule has 0 bridgehead atoms. The van der Waals surface area contributed by atoms with E-state index < -0.39 is 29.6 Å². The van der Waals surface area contributed by atoms with E-state index in [1.807, 2.05) is 13.8 Å². The Kier molecular flexibility index (Phi) is 8.94. The number of carbonyl (C=O) groups excluding carboxylic acids is 3. The van der Waals surface area contributed by atoms with Crippen molar-refractivity contribution in [3.63, 3.8) is 0 Å². The highest BCUT2D eigenvalue weighted by molar-refractivity contribution is 6.06. The molecule has 6 nitrogen and oxygen atoms in total. The Labute approximate surface area is 181 Å². The maximum atomic E-state index is 13.2. The van der Waals surface area contributed by atoms with Crippen molar-refractivity contribution in [3.8, 4) is 0 Å². The first-order valence-electron chi connectivity index (χ1n) is 10.1. The van der Waals surface area contributed by atoms with E-state index in [-0.39, 0.29) is 18.2 Å². The molecule has 2 aromatic rings. The van der Waals surface area contributed by atoms with Gasteiger partial charge in [0.2, 0.25) is 0 Å². The van der Waals surface area contributed by atoms with Gasteiger partial charge in [0.25, 0.3) is 11.8 Å². The van der Waals surface area contributed by atoms with Gasteiger partial charge >= 0.3 is 5.97 Å². The highest BCUT2D eigenvalue weighted by Crippen LogP contribution is 2.11. The fourth-order valence-corrected chi connectivity index (χ4v) is 2.83. The first-order chi connectivity index (χ1) is 14.8. The molecular formula is C24H27FN2O4. The minimum Gasteiger partial charge on any atom is -0.464 e. The first-order valence-corrected chi connectivity index (χ1v) is 10.1. The number of halogens is 1. The van der Waals surface area contributed by atoms with Crippen LogP contribution in [0.2, 0.25) is 0 Å². The Balaban J connectivity index is 2.31. The summed E-state index contributed by atoms with van der Waals surface area (Å²) in [5.41, 5.74) is 0.805. The molecule has 2 amide bonds. The Morgan fingerprint density at radius 3 is 2.26 bits per heavy atom. The first kappa shape index (κ1) is 23.8. The zero-order valence-corrected chi connectivity index (χ0v) is 17.9. The van der Waals surface area contributed by atoms with Crippen molar-refractivity contribution < 1.29 is 23.5 Å². The normalized spacial score (nSPS) is 12.2. The monoisotopic (exact) mass is 426 g/mol. The van der Waals surface area contributed by atoms with E-state index in [4.69, 9.17) is 4.74 Å². The number of carbonyl (C=O) groups is 3. The summed E-state index contributed by atoms with van der Waals surface area (Å²) in [5.74, 6) is -1.97. The molecule has 2 N–H and O–H groups in total. The molecule has 0 radical (unpaired) electrons. The molecule has 31 heavy (non-hydrogen) atoms. The summed E-state index contributed by atoms with van der Waals surface area (Å²) in [7, 11) is 0. The van der Waals surface area contributed by atoms with Crippen molar-refractivity contribution in [1.29, 1.82) is 0 Å². The Morgan fingerprint density at radius 1 is 1.03 bits per heavy atom. The molecule has 164 valence electrons. The lowest BCUT2D eigenvalue weighted by molar-refractivity contribution is -0.147. The average Bonchev–Trinajstić information content (AvgIpc) is 2.74. The molecule has 0 spiro atoms. The second-order valence-electron chi connectivity index (χ2n) is 7.34. The van der Waals surface area contributed by atoms with E-state index in [2.05, 4.69) is 10.6 Å². The molecule has 0 aliphatic carbocycles. The highest BCUT2D eigenvalue weighted by atomic mass is 19.1. The van der Waals surface area contributed by atoms with Crippen molar-refractivity contribution in [2.75, 3.05) is 6.61 Å². The Morgan fingerprint density at radius 2 is 1.68 bits per heavy atom. The van der Waals surface area contributed by atoms with E-state index in [0.717, 1.165) is 0 Å². The van der Waals surface area contributed by atoms with Crippen LogP contribution in [-0.4, -0.2) is 30.4 Å². The molecule has 2 rings (SSSR count). The van der Waals surface area contributed by atoms with Gasteiger partial charge in [0.15, 0.2) is 0 Å². The van der Waals surface area contributed by atoms with Gasteiger partial charge in [-0.15, -0.1) is 0 Å². The van der Waals surface area contributed by atoms with Crippen LogP contribution in [0.1, 0.15) is 43.1 Å². The maximum absolute atomic E-state index is 13.2. The number of rotatable bonds is 9. The topological polar surface area (TPSA) is 84.5 Å². The molecule has 2 aromatic carbocycles. The lowest BCUT2D eigenvalue weighted by Crippen LogP contribution is -2.45. The minimum absolute atomic E-state index is 0.0708. The third-order valence-electron chi connectivity index (χ3n) is 4.29.